The predicted octanol–water partition coefficient (Wildman–Crippen LogP) is 1.04. The molecule has 1 heterocycles. The van der Waals surface area contributed by atoms with Crippen LogP contribution < -0.4 is 0 Å². The molecule has 2 aliphatic rings. The zero-order valence-corrected chi connectivity index (χ0v) is 11.9. The zero-order valence-electron chi connectivity index (χ0n) is 11.9. The van der Waals surface area contributed by atoms with Gasteiger partial charge in [0.15, 0.2) is 0 Å². The van der Waals surface area contributed by atoms with Crippen LogP contribution in [0.15, 0.2) is 0 Å². The number of carboxylic acids is 1. The normalized spacial score (nSPS) is 23.7. The second-order valence-electron chi connectivity index (χ2n) is 6.17. The van der Waals surface area contributed by atoms with Crippen LogP contribution in [-0.4, -0.2) is 60.5 Å². The maximum absolute atomic E-state index is 12.4. The summed E-state index contributed by atoms with van der Waals surface area (Å²) < 4.78 is 0. The van der Waals surface area contributed by atoms with Gasteiger partial charge in [0.25, 0.3) is 0 Å². The van der Waals surface area contributed by atoms with Gasteiger partial charge in [0.05, 0.1) is 0 Å². The Morgan fingerprint density at radius 3 is 2.32 bits per heavy atom. The summed E-state index contributed by atoms with van der Waals surface area (Å²) in [5.74, 6) is -0.625. The van der Waals surface area contributed by atoms with Crippen LogP contribution in [0.25, 0.3) is 0 Å². The highest BCUT2D eigenvalue weighted by molar-refractivity contribution is 6.02. The van der Waals surface area contributed by atoms with E-state index in [1.165, 1.54) is 0 Å². The van der Waals surface area contributed by atoms with Crippen molar-refractivity contribution in [2.75, 3.05) is 33.7 Å². The largest absolute Gasteiger partial charge is 0.480 e. The van der Waals surface area contributed by atoms with Gasteiger partial charge in [-0.3, -0.25) is 9.59 Å². The first-order valence-electron chi connectivity index (χ1n) is 7.13. The summed E-state index contributed by atoms with van der Waals surface area (Å²) in [6, 6.07) is 0. The van der Waals surface area contributed by atoms with Crippen molar-refractivity contribution < 1.29 is 14.7 Å². The van der Waals surface area contributed by atoms with Crippen molar-refractivity contribution in [3.8, 4) is 0 Å². The van der Waals surface area contributed by atoms with E-state index in [1.54, 1.807) is 11.9 Å². The molecule has 0 unspecified atom stereocenters. The third-order valence-corrected chi connectivity index (χ3v) is 4.74. The lowest BCUT2D eigenvalue weighted by Gasteiger charge is -2.40. The Morgan fingerprint density at radius 2 is 1.89 bits per heavy atom. The summed E-state index contributed by atoms with van der Waals surface area (Å²) in [6.45, 7) is 2.83. The number of rotatable bonds is 4. The molecule has 1 N–H and O–H groups in total. The van der Waals surface area contributed by atoms with Crippen molar-refractivity contribution in [1.29, 1.82) is 0 Å². The monoisotopic (exact) mass is 268 g/mol. The summed E-state index contributed by atoms with van der Waals surface area (Å²) in [7, 11) is 3.86. The van der Waals surface area contributed by atoms with Gasteiger partial charge in [0.2, 0.25) is 5.91 Å². The van der Waals surface area contributed by atoms with Crippen molar-refractivity contribution in [3.05, 3.63) is 0 Å². The third-order valence-electron chi connectivity index (χ3n) is 4.74. The lowest BCUT2D eigenvalue weighted by molar-refractivity contribution is -0.167. The summed E-state index contributed by atoms with van der Waals surface area (Å²) in [5.41, 5.74) is -1.11. The number of carboxylic acid groups (broad SMARTS) is 1. The number of likely N-dealkylation sites (tertiary alicyclic amines) is 1. The number of aliphatic carboxylic acids is 1. The zero-order chi connectivity index (χ0) is 14.0. The minimum Gasteiger partial charge on any atom is -0.480 e. The van der Waals surface area contributed by atoms with Gasteiger partial charge in [-0.1, -0.05) is 6.42 Å². The van der Waals surface area contributed by atoms with Gasteiger partial charge in [-0.25, -0.2) is 0 Å². The van der Waals surface area contributed by atoms with Crippen LogP contribution in [0.1, 0.15) is 32.1 Å². The molecule has 1 amide bonds. The van der Waals surface area contributed by atoms with Crippen molar-refractivity contribution >= 4 is 11.9 Å². The number of piperidine rings is 1. The van der Waals surface area contributed by atoms with E-state index in [-0.39, 0.29) is 5.91 Å². The fourth-order valence-corrected chi connectivity index (χ4v) is 3.13. The van der Waals surface area contributed by atoms with E-state index in [4.69, 9.17) is 0 Å². The molecular weight excluding hydrogens is 244 g/mol. The highest BCUT2D eigenvalue weighted by Gasteiger charge is 2.52. The SMILES string of the molecule is CN1CCC(CN(C)C(=O)C2(C(=O)O)CCC2)CC1. The van der Waals surface area contributed by atoms with Crippen LogP contribution in [0.3, 0.4) is 0 Å². The van der Waals surface area contributed by atoms with Crippen molar-refractivity contribution in [1.82, 2.24) is 9.80 Å². The molecule has 0 radical (unpaired) electrons. The van der Waals surface area contributed by atoms with Crippen molar-refractivity contribution in [3.63, 3.8) is 0 Å². The van der Waals surface area contributed by atoms with E-state index in [0.29, 0.717) is 25.3 Å². The Labute approximate surface area is 114 Å². The number of hydrogen-bond acceptors (Lipinski definition) is 3. The van der Waals surface area contributed by atoms with E-state index < -0.39 is 11.4 Å². The number of nitrogens with zero attached hydrogens (tertiary/aromatic N) is 2. The van der Waals surface area contributed by atoms with E-state index in [2.05, 4.69) is 11.9 Å². The van der Waals surface area contributed by atoms with Crippen LogP contribution in [0.5, 0.6) is 0 Å². The Balaban J connectivity index is 1.90. The smallest absolute Gasteiger partial charge is 0.319 e. The summed E-state index contributed by atoms with van der Waals surface area (Å²) in [6.07, 6.45) is 4.03. The second-order valence-corrected chi connectivity index (χ2v) is 6.17. The van der Waals surface area contributed by atoms with Gasteiger partial charge in [0, 0.05) is 13.6 Å². The molecule has 1 saturated heterocycles. The first kappa shape index (κ1) is 14.3. The van der Waals surface area contributed by atoms with Crippen molar-refractivity contribution in [2.45, 2.75) is 32.1 Å². The molecule has 19 heavy (non-hydrogen) atoms. The van der Waals surface area contributed by atoms with E-state index >= 15 is 0 Å². The first-order chi connectivity index (χ1) is 8.95. The molecule has 0 bridgehead atoms. The maximum Gasteiger partial charge on any atom is 0.319 e. The lowest BCUT2D eigenvalue weighted by Crippen LogP contribution is -2.52. The third kappa shape index (κ3) is 2.76. The van der Waals surface area contributed by atoms with Crippen LogP contribution in [0, 0.1) is 11.3 Å². The van der Waals surface area contributed by atoms with E-state index in [0.717, 1.165) is 32.4 Å². The highest BCUT2D eigenvalue weighted by Crippen LogP contribution is 2.42. The van der Waals surface area contributed by atoms with Gasteiger partial charge in [-0.15, -0.1) is 0 Å². The average Bonchev–Trinajstić information content (AvgIpc) is 2.30. The van der Waals surface area contributed by atoms with Crippen LogP contribution in [0.2, 0.25) is 0 Å². The van der Waals surface area contributed by atoms with Gasteiger partial charge < -0.3 is 14.9 Å². The molecular formula is C14H24N2O3. The molecule has 0 aromatic carbocycles. The molecule has 2 rings (SSSR count). The summed E-state index contributed by atoms with van der Waals surface area (Å²) >= 11 is 0. The fraction of sp³-hybridized carbons (Fsp3) is 0.857. The summed E-state index contributed by atoms with van der Waals surface area (Å²) in [4.78, 5) is 27.6. The molecule has 5 nitrogen and oxygen atoms in total. The fourth-order valence-electron chi connectivity index (χ4n) is 3.13. The van der Waals surface area contributed by atoms with Gasteiger partial charge >= 0.3 is 5.97 Å². The molecule has 1 saturated carbocycles. The Bertz CT molecular complexity index is 358. The number of carbonyl (C=O) groups excluding carboxylic acids is 1. The van der Waals surface area contributed by atoms with E-state index in [1.807, 2.05) is 0 Å². The quantitative estimate of drug-likeness (QED) is 0.774. The highest BCUT2D eigenvalue weighted by atomic mass is 16.4. The first-order valence-corrected chi connectivity index (χ1v) is 7.13. The molecule has 1 aliphatic carbocycles. The topological polar surface area (TPSA) is 60.9 Å². The van der Waals surface area contributed by atoms with Crippen LogP contribution in [0.4, 0.5) is 0 Å². The molecule has 0 atom stereocenters. The average molecular weight is 268 g/mol. The molecule has 5 heteroatoms. The van der Waals surface area contributed by atoms with Crippen LogP contribution in [-0.2, 0) is 9.59 Å². The molecule has 0 spiro atoms. The molecule has 0 aromatic heterocycles. The Morgan fingerprint density at radius 1 is 1.32 bits per heavy atom. The predicted molar refractivity (Wildman–Crippen MR) is 71.8 cm³/mol. The van der Waals surface area contributed by atoms with Crippen molar-refractivity contribution in [2.24, 2.45) is 11.3 Å². The standard InChI is InChI=1S/C14H24N2O3/c1-15-8-4-11(5-9-15)10-16(2)12(17)14(13(18)19)6-3-7-14/h11H,3-10H2,1-2H3,(H,18,19). The minimum absolute atomic E-state index is 0.190. The number of amides is 1. The second kappa shape index (κ2) is 5.49. The molecule has 108 valence electrons. The molecule has 0 aromatic rings. The number of carbonyl (C=O) groups is 2. The number of hydrogen-bond donors (Lipinski definition) is 1. The van der Waals surface area contributed by atoms with Crippen LogP contribution >= 0.6 is 0 Å². The Hall–Kier alpha value is -1.10. The van der Waals surface area contributed by atoms with Gasteiger partial charge in [0.1, 0.15) is 5.41 Å². The lowest BCUT2D eigenvalue weighted by atomic mass is 9.67. The minimum atomic E-state index is -1.11. The van der Waals surface area contributed by atoms with Gasteiger partial charge in [-0.2, -0.15) is 0 Å². The molecule has 1 aliphatic heterocycles. The van der Waals surface area contributed by atoms with Gasteiger partial charge in [-0.05, 0) is 51.7 Å². The maximum atomic E-state index is 12.4. The summed E-state index contributed by atoms with van der Waals surface area (Å²) in [5, 5.41) is 9.29. The molecule has 2 fully saturated rings. The van der Waals surface area contributed by atoms with E-state index in [9.17, 15) is 14.7 Å². The Kier molecular flexibility index (Phi) is 4.13.